The Morgan fingerprint density at radius 2 is 2.20 bits per heavy atom. The number of allylic oxidation sites excluding steroid dienone is 1. The SMILES string of the molecule is C=C(C)[C]1CCCCC1C. The summed E-state index contributed by atoms with van der Waals surface area (Å²) in [6.45, 7) is 8.45. The molecule has 1 saturated carbocycles. The zero-order valence-corrected chi connectivity index (χ0v) is 7.11. The molecular weight excluding hydrogens is 120 g/mol. The van der Waals surface area contributed by atoms with Gasteiger partial charge in [-0.15, -0.1) is 0 Å². The second kappa shape index (κ2) is 3.23. The monoisotopic (exact) mass is 137 g/mol. The Hall–Kier alpha value is -0.260. The fourth-order valence-corrected chi connectivity index (χ4v) is 1.82. The molecule has 0 amide bonds. The van der Waals surface area contributed by atoms with E-state index in [4.69, 9.17) is 0 Å². The van der Waals surface area contributed by atoms with Gasteiger partial charge in [0.05, 0.1) is 0 Å². The van der Waals surface area contributed by atoms with Crippen molar-refractivity contribution >= 4 is 0 Å². The topological polar surface area (TPSA) is 0 Å². The van der Waals surface area contributed by atoms with Gasteiger partial charge in [0, 0.05) is 5.92 Å². The Kier molecular flexibility index (Phi) is 2.53. The largest absolute Gasteiger partial charge is 0.0995 e. The second-order valence-corrected chi connectivity index (χ2v) is 3.45. The van der Waals surface area contributed by atoms with Crippen LogP contribution in [0.2, 0.25) is 0 Å². The maximum atomic E-state index is 3.99. The summed E-state index contributed by atoms with van der Waals surface area (Å²) in [4.78, 5) is 0. The Morgan fingerprint density at radius 1 is 1.50 bits per heavy atom. The molecule has 1 rings (SSSR count). The van der Waals surface area contributed by atoms with Crippen LogP contribution in [0.5, 0.6) is 0 Å². The summed E-state index contributed by atoms with van der Waals surface area (Å²) in [5.41, 5.74) is 1.31. The van der Waals surface area contributed by atoms with Gasteiger partial charge in [-0.2, -0.15) is 0 Å². The molecule has 0 aromatic rings. The maximum Gasteiger partial charge on any atom is 0.00279 e. The van der Waals surface area contributed by atoms with Gasteiger partial charge in [0.15, 0.2) is 0 Å². The van der Waals surface area contributed by atoms with Crippen molar-refractivity contribution < 1.29 is 0 Å². The van der Waals surface area contributed by atoms with Gasteiger partial charge in [0.25, 0.3) is 0 Å². The van der Waals surface area contributed by atoms with Crippen LogP contribution in [0.25, 0.3) is 0 Å². The van der Waals surface area contributed by atoms with E-state index < -0.39 is 0 Å². The van der Waals surface area contributed by atoms with Gasteiger partial charge in [-0.1, -0.05) is 31.9 Å². The molecule has 1 atom stereocenters. The van der Waals surface area contributed by atoms with Crippen LogP contribution < -0.4 is 0 Å². The first kappa shape index (κ1) is 7.84. The highest BCUT2D eigenvalue weighted by Gasteiger charge is 2.21. The molecular formula is C10H17. The van der Waals surface area contributed by atoms with Gasteiger partial charge in [-0.25, -0.2) is 0 Å². The van der Waals surface area contributed by atoms with Crippen molar-refractivity contribution in [2.45, 2.75) is 39.5 Å². The third kappa shape index (κ3) is 1.62. The summed E-state index contributed by atoms with van der Waals surface area (Å²) >= 11 is 0. The van der Waals surface area contributed by atoms with E-state index in [1.165, 1.54) is 31.3 Å². The minimum Gasteiger partial charge on any atom is -0.0995 e. The fraction of sp³-hybridized carbons (Fsp3) is 0.700. The Bertz CT molecular complexity index is 124. The Balaban J connectivity index is 2.47. The molecule has 0 N–H and O–H groups in total. The Morgan fingerprint density at radius 3 is 2.60 bits per heavy atom. The highest BCUT2D eigenvalue weighted by molar-refractivity contribution is 5.21. The second-order valence-electron chi connectivity index (χ2n) is 3.45. The average Bonchev–Trinajstić information content (AvgIpc) is 1.88. The molecule has 1 radical (unpaired) electrons. The quantitative estimate of drug-likeness (QED) is 0.520. The van der Waals surface area contributed by atoms with E-state index in [0.29, 0.717) is 0 Å². The standard InChI is InChI=1S/C10H17/c1-8(2)10-7-5-4-6-9(10)3/h9H,1,4-7H2,2-3H3. The van der Waals surface area contributed by atoms with Crippen LogP contribution in [0.15, 0.2) is 12.2 Å². The van der Waals surface area contributed by atoms with Gasteiger partial charge in [-0.05, 0) is 25.7 Å². The molecule has 0 heterocycles. The van der Waals surface area contributed by atoms with Gasteiger partial charge in [-0.3, -0.25) is 0 Å². The zero-order chi connectivity index (χ0) is 7.56. The van der Waals surface area contributed by atoms with Crippen LogP contribution in [-0.4, -0.2) is 0 Å². The van der Waals surface area contributed by atoms with E-state index in [0.717, 1.165) is 5.92 Å². The zero-order valence-electron chi connectivity index (χ0n) is 7.11. The van der Waals surface area contributed by atoms with Gasteiger partial charge in [0.1, 0.15) is 0 Å². The lowest BCUT2D eigenvalue weighted by Gasteiger charge is -2.28. The maximum absolute atomic E-state index is 3.99. The molecule has 0 aliphatic heterocycles. The first-order valence-corrected chi connectivity index (χ1v) is 4.23. The summed E-state index contributed by atoms with van der Waals surface area (Å²) in [5.74, 6) is 2.43. The smallest absolute Gasteiger partial charge is 0.00279 e. The van der Waals surface area contributed by atoms with Crippen LogP contribution in [-0.2, 0) is 0 Å². The van der Waals surface area contributed by atoms with Crippen molar-refractivity contribution in [3.05, 3.63) is 18.1 Å². The van der Waals surface area contributed by atoms with E-state index in [1.807, 2.05) is 0 Å². The van der Waals surface area contributed by atoms with Crippen molar-refractivity contribution in [3.63, 3.8) is 0 Å². The predicted octanol–water partition coefficient (Wildman–Crippen LogP) is 3.35. The molecule has 0 nitrogen and oxygen atoms in total. The Labute approximate surface area is 64.3 Å². The number of hydrogen-bond acceptors (Lipinski definition) is 0. The first-order valence-electron chi connectivity index (χ1n) is 4.23. The molecule has 0 saturated heterocycles. The minimum atomic E-state index is 0.811. The van der Waals surface area contributed by atoms with Crippen molar-refractivity contribution in [2.75, 3.05) is 0 Å². The third-order valence-corrected chi connectivity index (χ3v) is 2.48. The van der Waals surface area contributed by atoms with Crippen LogP contribution in [0.1, 0.15) is 39.5 Å². The summed E-state index contributed by atoms with van der Waals surface area (Å²) in [5, 5.41) is 0. The van der Waals surface area contributed by atoms with Crippen LogP contribution >= 0.6 is 0 Å². The molecule has 1 unspecified atom stereocenters. The summed E-state index contributed by atoms with van der Waals surface area (Å²) in [6.07, 6.45) is 5.48. The van der Waals surface area contributed by atoms with Crippen molar-refractivity contribution in [3.8, 4) is 0 Å². The van der Waals surface area contributed by atoms with E-state index in [-0.39, 0.29) is 0 Å². The van der Waals surface area contributed by atoms with Gasteiger partial charge < -0.3 is 0 Å². The van der Waals surface area contributed by atoms with Crippen molar-refractivity contribution in [2.24, 2.45) is 5.92 Å². The molecule has 0 heteroatoms. The van der Waals surface area contributed by atoms with E-state index in [1.54, 1.807) is 5.92 Å². The lowest BCUT2D eigenvalue weighted by molar-refractivity contribution is 0.433. The van der Waals surface area contributed by atoms with Crippen molar-refractivity contribution in [1.82, 2.24) is 0 Å². The molecule has 0 bridgehead atoms. The van der Waals surface area contributed by atoms with Crippen molar-refractivity contribution in [1.29, 1.82) is 0 Å². The first-order chi connectivity index (χ1) is 4.72. The van der Waals surface area contributed by atoms with Gasteiger partial charge in [0.2, 0.25) is 0 Å². The lowest BCUT2D eigenvalue weighted by atomic mass is 9.77. The average molecular weight is 137 g/mol. The highest BCUT2D eigenvalue weighted by atomic mass is 14.3. The summed E-state index contributed by atoms with van der Waals surface area (Å²) < 4.78 is 0. The number of hydrogen-bond donors (Lipinski definition) is 0. The lowest BCUT2D eigenvalue weighted by Crippen LogP contribution is -2.14. The molecule has 57 valence electrons. The molecule has 0 aromatic heterocycles. The predicted molar refractivity (Wildman–Crippen MR) is 45.7 cm³/mol. The molecule has 1 aliphatic carbocycles. The molecule has 1 aliphatic rings. The number of rotatable bonds is 1. The van der Waals surface area contributed by atoms with Crippen LogP contribution in [0.3, 0.4) is 0 Å². The van der Waals surface area contributed by atoms with Gasteiger partial charge >= 0.3 is 0 Å². The van der Waals surface area contributed by atoms with E-state index >= 15 is 0 Å². The van der Waals surface area contributed by atoms with Crippen LogP contribution in [0, 0.1) is 11.8 Å². The van der Waals surface area contributed by atoms with E-state index in [9.17, 15) is 0 Å². The fourth-order valence-electron chi connectivity index (χ4n) is 1.82. The summed E-state index contributed by atoms with van der Waals surface area (Å²) in [7, 11) is 0. The normalized spacial score (nSPS) is 28.4. The summed E-state index contributed by atoms with van der Waals surface area (Å²) in [6, 6.07) is 0. The molecule has 0 aromatic carbocycles. The minimum absolute atomic E-state index is 0.811. The molecule has 10 heavy (non-hydrogen) atoms. The highest BCUT2D eigenvalue weighted by Crippen LogP contribution is 2.35. The third-order valence-electron chi connectivity index (χ3n) is 2.48. The molecule has 0 spiro atoms. The van der Waals surface area contributed by atoms with Crippen LogP contribution in [0.4, 0.5) is 0 Å². The molecule has 1 fully saturated rings. The van der Waals surface area contributed by atoms with E-state index in [2.05, 4.69) is 20.4 Å².